The Hall–Kier alpha value is -2.14. The van der Waals surface area contributed by atoms with Crippen LogP contribution in [0.15, 0.2) is 48.5 Å². The van der Waals surface area contributed by atoms with Crippen molar-refractivity contribution < 1.29 is 23.4 Å². The van der Waals surface area contributed by atoms with Gasteiger partial charge in [0.05, 0.1) is 7.11 Å². The van der Waals surface area contributed by atoms with Crippen molar-refractivity contribution in [1.82, 2.24) is 0 Å². The molecule has 0 spiro atoms. The van der Waals surface area contributed by atoms with E-state index in [1.54, 1.807) is 43.5 Å². The molecule has 1 unspecified atom stereocenters. The van der Waals surface area contributed by atoms with Crippen molar-refractivity contribution in [3.63, 3.8) is 0 Å². The van der Waals surface area contributed by atoms with Crippen LogP contribution in [-0.4, -0.2) is 18.8 Å². The van der Waals surface area contributed by atoms with Crippen molar-refractivity contribution >= 4 is 0 Å². The summed E-state index contributed by atoms with van der Waals surface area (Å²) >= 11 is 0. The van der Waals surface area contributed by atoms with Crippen LogP contribution < -0.4 is 9.47 Å². The second-order valence-electron chi connectivity index (χ2n) is 4.13. The van der Waals surface area contributed by atoms with Gasteiger partial charge in [-0.3, -0.25) is 0 Å². The van der Waals surface area contributed by atoms with Crippen molar-refractivity contribution in [3.8, 4) is 11.5 Å². The van der Waals surface area contributed by atoms with Gasteiger partial charge in [0.1, 0.15) is 17.6 Å². The lowest BCUT2D eigenvalue weighted by atomic mass is 10.0. The lowest BCUT2D eigenvalue weighted by molar-refractivity contribution is -0.0499. The van der Waals surface area contributed by atoms with Crippen molar-refractivity contribution in [3.05, 3.63) is 59.7 Å². The van der Waals surface area contributed by atoms with Gasteiger partial charge in [0.2, 0.25) is 0 Å². The van der Waals surface area contributed by atoms with E-state index in [1.165, 1.54) is 12.1 Å². The number of rotatable bonds is 5. The molecule has 0 bridgehead atoms. The molecule has 0 saturated heterocycles. The first kappa shape index (κ1) is 14.3. The zero-order valence-electron chi connectivity index (χ0n) is 10.8. The maximum Gasteiger partial charge on any atom is 0.387 e. The highest BCUT2D eigenvalue weighted by Crippen LogP contribution is 2.27. The van der Waals surface area contributed by atoms with Crippen LogP contribution in [0.2, 0.25) is 0 Å². The minimum atomic E-state index is -2.89. The van der Waals surface area contributed by atoms with Crippen LogP contribution in [-0.2, 0) is 0 Å². The number of hydrogen-bond donors (Lipinski definition) is 1. The highest BCUT2D eigenvalue weighted by molar-refractivity contribution is 5.37. The number of aliphatic hydroxyl groups is 1. The van der Waals surface area contributed by atoms with Crippen LogP contribution in [0.5, 0.6) is 11.5 Å². The second kappa shape index (κ2) is 6.34. The summed E-state index contributed by atoms with van der Waals surface area (Å²) in [6, 6.07) is 12.9. The fourth-order valence-corrected chi connectivity index (χ4v) is 1.84. The molecule has 2 aromatic carbocycles. The predicted molar refractivity (Wildman–Crippen MR) is 70.1 cm³/mol. The maximum atomic E-state index is 12.2. The van der Waals surface area contributed by atoms with Gasteiger partial charge in [0.25, 0.3) is 0 Å². The van der Waals surface area contributed by atoms with E-state index in [2.05, 4.69) is 4.74 Å². The van der Waals surface area contributed by atoms with Crippen LogP contribution in [0.1, 0.15) is 17.2 Å². The van der Waals surface area contributed by atoms with E-state index in [0.717, 1.165) is 0 Å². The van der Waals surface area contributed by atoms with Crippen LogP contribution >= 0.6 is 0 Å². The molecule has 0 aliphatic rings. The van der Waals surface area contributed by atoms with Crippen LogP contribution in [0.3, 0.4) is 0 Å². The number of methoxy groups -OCH3 is 1. The van der Waals surface area contributed by atoms with Crippen LogP contribution in [0, 0.1) is 0 Å². The minimum Gasteiger partial charge on any atom is -0.497 e. The van der Waals surface area contributed by atoms with Crippen molar-refractivity contribution in [2.24, 2.45) is 0 Å². The molecule has 0 radical (unpaired) electrons. The lowest BCUT2D eigenvalue weighted by Gasteiger charge is -2.13. The van der Waals surface area contributed by atoms with Gasteiger partial charge in [-0.1, -0.05) is 24.3 Å². The summed E-state index contributed by atoms with van der Waals surface area (Å²) in [6.45, 7) is -2.89. The average molecular weight is 280 g/mol. The first-order valence-electron chi connectivity index (χ1n) is 5.97. The molecule has 0 amide bonds. The molecule has 2 aromatic rings. The summed E-state index contributed by atoms with van der Waals surface area (Å²) in [4.78, 5) is 0. The quantitative estimate of drug-likeness (QED) is 0.912. The number of aliphatic hydroxyl groups excluding tert-OH is 1. The van der Waals surface area contributed by atoms with E-state index in [-0.39, 0.29) is 5.75 Å². The standard InChI is InChI=1S/C15H14F2O3/c1-19-12-7-5-10(6-8-12)14(18)11-3-2-4-13(9-11)20-15(16)17/h2-9,14-15,18H,1H3. The van der Waals surface area contributed by atoms with Crippen LogP contribution in [0.25, 0.3) is 0 Å². The molecule has 2 rings (SSSR count). The molecule has 20 heavy (non-hydrogen) atoms. The molecular formula is C15H14F2O3. The fraction of sp³-hybridized carbons (Fsp3) is 0.200. The maximum absolute atomic E-state index is 12.2. The van der Waals surface area contributed by atoms with Gasteiger partial charge < -0.3 is 14.6 Å². The van der Waals surface area contributed by atoms with Crippen LogP contribution in [0.4, 0.5) is 8.78 Å². The summed E-state index contributed by atoms with van der Waals surface area (Å²) in [6.07, 6.45) is -0.915. The molecule has 0 heterocycles. The number of benzene rings is 2. The Bertz CT molecular complexity index is 555. The van der Waals surface area contributed by atoms with Gasteiger partial charge in [-0.2, -0.15) is 8.78 Å². The predicted octanol–water partition coefficient (Wildman–Crippen LogP) is 3.38. The Kier molecular flexibility index (Phi) is 4.53. The van der Waals surface area contributed by atoms with Gasteiger partial charge in [0, 0.05) is 0 Å². The van der Waals surface area contributed by atoms with Gasteiger partial charge >= 0.3 is 6.61 Å². The van der Waals surface area contributed by atoms with Crippen molar-refractivity contribution in [1.29, 1.82) is 0 Å². The smallest absolute Gasteiger partial charge is 0.387 e. The molecule has 0 aromatic heterocycles. The van der Waals surface area contributed by atoms with Gasteiger partial charge in [-0.25, -0.2) is 0 Å². The second-order valence-corrected chi connectivity index (χ2v) is 4.13. The van der Waals surface area contributed by atoms with E-state index in [1.807, 2.05) is 0 Å². The number of hydrogen-bond acceptors (Lipinski definition) is 3. The monoisotopic (exact) mass is 280 g/mol. The molecule has 106 valence electrons. The molecule has 5 heteroatoms. The number of alkyl halides is 2. The number of halogens is 2. The first-order chi connectivity index (χ1) is 9.60. The Labute approximate surface area is 115 Å². The zero-order valence-corrected chi connectivity index (χ0v) is 10.8. The lowest BCUT2D eigenvalue weighted by Crippen LogP contribution is -2.04. The SMILES string of the molecule is COc1ccc(C(O)c2cccc(OC(F)F)c2)cc1. The Morgan fingerprint density at radius 3 is 2.25 bits per heavy atom. The highest BCUT2D eigenvalue weighted by atomic mass is 19.3. The Morgan fingerprint density at radius 1 is 0.950 bits per heavy atom. The average Bonchev–Trinajstić information content (AvgIpc) is 2.46. The summed E-state index contributed by atoms with van der Waals surface area (Å²) < 4.78 is 33.7. The summed E-state index contributed by atoms with van der Waals surface area (Å²) in [7, 11) is 1.55. The van der Waals surface area contributed by atoms with E-state index >= 15 is 0 Å². The zero-order chi connectivity index (χ0) is 14.5. The van der Waals surface area contributed by atoms with Gasteiger partial charge in [-0.15, -0.1) is 0 Å². The van der Waals surface area contributed by atoms with E-state index in [0.29, 0.717) is 16.9 Å². The Balaban J connectivity index is 2.20. The van der Waals surface area contributed by atoms with Gasteiger partial charge in [0.15, 0.2) is 0 Å². The molecule has 1 N–H and O–H groups in total. The Morgan fingerprint density at radius 2 is 1.65 bits per heavy atom. The fourth-order valence-electron chi connectivity index (χ4n) is 1.84. The normalized spacial score (nSPS) is 12.2. The third-order valence-corrected chi connectivity index (χ3v) is 2.83. The molecule has 0 aliphatic heterocycles. The molecule has 0 saturated carbocycles. The van der Waals surface area contributed by atoms with E-state index in [4.69, 9.17) is 4.74 Å². The van der Waals surface area contributed by atoms with Crippen molar-refractivity contribution in [2.45, 2.75) is 12.7 Å². The molecule has 0 fully saturated rings. The third-order valence-electron chi connectivity index (χ3n) is 2.83. The summed E-state index contributed by atoms with van der Waals surface area (Å²) in [5, 5.41) is 10.2. The van der Waals surface area contributed by atoms with E-state index in [9.17, 15) is 13.9 Å². The minimum absolute atomic E-state index is 0.0186. The first-order valence-corrected chi connectivity index (χ1v) is 5.97. The molecule has 1 atom stereocenters. The summed E-state index contributed by atoms with van der Waals surface area (Å²) in [5.41, 5.74) is 1.12. The highest BCUT2D eigenvalue weighted by Gasteiger charge is 2.12. The third kappa shape index (κ3) is 3.45. The molecule has 0 aliphatic carbocycles. The van der Waals surface area contributed by atoms with Crippen molar-refractivity contribution in [2.75, 3.05) is 7.11 Å². The van der Waals surface area contributed by atoms with Gasteiger partial charge in [-0.05, 0) is 35.4 Å². The largest absolute Gasteiger partial charge is 0.497 e. The molecular weight excluding hydrogens is 266 g/mol. The summed E-state index contributed by atoms with van der Waals surface area (Å²) in [5.74, 6) is 0.695. The number of ether oxygens (including phenoxy) is 2. The van der Waals surface area contributed by atoms with E-state index < -0.39 is 12.7 Å². The topological polar surface area (TPSA) is 38.7 Å². The molecule has 3 nitrogen and oxygen atoms in total.